The number of methoxy groups -OCH3 is 1. The topological polar surface area (TPSA) is 80.3 Å². The molecule has 0 saturated heterocycles. The Morgan fingerprint density at radius 2 is 1.71 bits per heavy atom. The van der Waals surface area contributed by atoms with Crippen LogP contribution in [0.5, 0.6) is 5.75 Å². The van der Waals surface area contributed by atoms with Crippen molar-refractivity contribution in [1.29, 1.82) is 0 Å². The number of pyridine rings is 1. The van der Waals surface area contributed by atoms with Gasteiger partial charge in [0.05, 0.1) is 29.6 Å². The molecular weight excluding hydrogens is 378 g/mol. The Hall–Kier alpha value is -3.38. The van der Waals surface area contributed by atoms with Crippen molar-refractivity contribution >= 4 is 34.8 Å². The lowest BCUT2D eigenvalue weighted by molar-refractivity contribution is 0.101. The second-order valence-electron chi connectivity index (χ2n) is 6.03. The summed E-state index contributed by atoms with van der Waals surface area (Å²) in [5, 5.41) is 5.79. The van der Waals surface area contributed by atoms with Crippen LogP contribution in [0.15, 0.2) is 60.9 Å². The standard InChI is InChI=1S/C21H18ClN3O3/c1-13-10-16(28-2)6-7-17(13)20(26)24-14-5-8-19(22)18(11-14)21(27)25-15-4-3-9-23-12-15/h3-12H,1-2H3,(H,24,26)(H,25,27). The van der Waals surface area contributed by atoms with E-state index >= 15 is 0 Å². The molecule has 0 fully saturated rings. The number of carbonyl (C=O) groups is 2. The van der Waals surface area contributed by atoms with Crippen LogP contribution < -0.4 is 15.4 Å². The van der Waals surface area contributed by atoms with Crippen LogP contribution in [0.1, 0.15) is 26.3 Å². The smallest absolute Gasteiger partial charge is 0.257 e. The van der Waals surface area contributed by atoms with Gasteiger partial charge in [-0.3, -0.25) is 14.6 Å². The van der Waals surface area contributed by atoms with Crippen LogP contribution in [0.3, 0.4) is 0 Å². The number of amides is 2. The number of carbonyl (C=O) groups excluding carboxylic acids is 2. The summed E-state index contributed by atoms with van der Waals surface area (Å²) in [5.41, 5.74) is 2.54. The Morgan fingerprint density at radius 1 is 0.964 bits per heavy atom. The normalized spacial score (nSPS) is 10.2. The molecule has 0 saturated carbocycles. The first-order valence-corrected chi connectivity index (χ1v) is 8.82. The van der Waals surface area contributed by atoms with Gasteiger partial charge in [-0.25, -0.2) is 0 Å². The van der Waals surface area contributed by atoms with Crippen LogP contribution in [-0.2, 0) is 0 Å². The Labute approximate surface area is 167 Å². The molecule has 2 aromatic carbocycles. The third-order valence-electron chi connectivity index (χ3n) is 4.07. The number of benzene rings is 2. The minimum absolute atomic E-state index is 0.245. The maximum Gasteiger partial charge on any atom is 0.257 e. The molecule has 1 aromatic heterocycles. The molecule has 0 unspecified atom stereocenters. The fraction of sp³-hybridized carbons (Fsp3) is 0.0952. The number of halogens is 1. The molecule has 142 valence electrons. The van der Waals surface area contributed by atoms with Crippen molar-refractivity contribution in [3.05, 3.63) is 82.6 Å². The number of nitrogens with zero attached hydrogens (tertiary/aromatic N) is 1. The molecule has 28 heavy (non-hydrogen) atoms. The fourth-order valence-electron chi connectivity index (χ4n) is 2.63. The van der Waals surface area contributed by atoms with E-state index in [2.05, 4.69) is 15.6 Å². The van der Waals surface area contributed by atoms with Crippen LogP contribution in [-0.4, -0.2) is 23.9 Å². The maximum atomic E-state index is 12.6. The summed E-state index contributed by atoms with van der Waals surface area (Å²) in [5.74, 6) is -0.00859. The Kier molecular flexibility index (Phi) is 5.91. The van der Waals surface area contributed by atoms with Gasteiger partial charge in [0, 0.05) is 17.4 Å². The molecule has 1 heterocycles. The summed E-state index contributed by atoms with van der Waals surface area (Å²) in [7, 11) is 1.57. The molecule has 7 heteroatoms. The number of aromatic nitrogens is 1. The molecule has 2 amide bonds. The SMILES string of the molecule is COc1ccc(C(=O)Nc2ccc(Cl)c(C(=O)Nc3cccnc3)c2)c(C)c1. The summed E-state index contributed by atoms with van der Waals surface area (Å²) >= 11 is 6.17. The highest BCUT2D eigenvalue weighted by Gasteiger charge is 2.15. The predicted octanol–water partition coefficient (Wildman–Crippen LogP) is 4.56. The van der Waals surface area contributed by atoms with E-state index in [4.69, 9.17) is 16.3 Å². The van der Waals surface area contributed by atoms with Crippen molar-refractivity contribution < 1.29 is 14.3 Å². The first kappa shape index (κ1) is 19.4. The Bertz CT molecular complexity index is 1020. The third kappa shape index (κ3) is 4.47. The summed E-state index contributed by atoms with van der Waals surface area (Å²) in [6.45, 7) is 1.83. The van der Waals surface area contributed by atoms with E-state index in [0.29, 0.717) is 22.7 Å². The van der Waals surface area contributed by atoms with E-state index in [1.807, 2.05) is 6.92 Å². The van der Waals surface area contributed by atoms with Gasteiger partial charge in [-0.15, -0.1) is 0 Å². The van der Waals surface area contributed by atoms with E-state index in [0.717, 1.165) is 5.56 Å². The number of aryl methyl sites for hydroxylation is 1. The lowest BCUT2D eigenvalue weighted by Crippen LogP contribution is -2.16. The van der Waals surface area contributed by atoms with Gasteiger partial charge in [0.15, 0.2) is 0 Å². The number of rotatable bonds is 5. The van der Waals surface area contributed by atoms with E-state index < -0.39 is 5.91 Å². The highest BCUT2D eigenvalue weighted by atomic mass is 35.5. The van der Waals surface area contributed by atoms with Gasteiger partial charge in [0.2, 0.25) is 0 Å². The molecule has 3 rings (SSSR count). The molecule has 0 aliphatic carbocycles. The van der Waals surface area contributed by atoms with E-state index in [-0.39, 0.29) is 16.5 Å². The molecule has 0 aliphatic rings. The average molecular weight is 396 g/mol. The van der Waals surface area contributed by atoms with Gasteiger partial charge in [-0.1, -0.05) is 11.6 Å². The van der Waals surface area contributed by atoms with Crippen LogP contribution in [0, 0.1) is 6.92 Å². The molecule has 0 bridgehead atoms. The Morgan fingerprint density at radius 3 is 2.39 bits per heavy atom. The first-order chi connectivity index (χ1) is 13.5. The second-order valence-corrected chi connectivity index (χ2v) is 6.43. The molecule has 0 atom stereocenters. The largest absolute Gasteiger partial charge is 0.497 e. The van der Waals surface area contributed by atoms with Crippen LogP contribution in [0.4, 0.5) is 11.4 Å². The highest BCUT2D eigenvalue weighted by molar-refractivity contribution is 6.34. The van der Waals surface area contributed by atoms with Crippen molar-refractivity contribution in [2.75, 3.05) is 17.7 Å². The first-order valence-electron chi connectivity index (χ1n) is 8.45. The number of hydrogen-bond donors (Lipinski definition) is 2. The van der Waals surface area contributed by atoms with Crippen molar-refractivity contribution in [3.63, 3.8) is 0 Å². The summed E-state index contributed by atoms with van der Waals surface area (Å²) < 4.78 is 5.16. The van der Waals surface area contributed by atoms with E-state index in [1.54, 1.807) is 55.8 Å². The summed E-state index contributed by atoms with van der Waals surface area (Å²) in [6.07, 6.45) is 3.14. The van der Waals surface area contributed by atoms with Crippen molar-refractivity contribution in [3.8, 4) is 5.75 Å². The molecular formula is C21H18ClN3O3. The molecule has 0 aliphatic heterocycles. The fourth-order valence-corrected chi connectivity index (χ4v) is 2.83. The maximum absolute atomic E-state index is 12.6. The number of hydrogen-bond acceptors (Lipinski definition) is 4. The van der Waals surface area contributed by atoms with E-state index in [9.17, 15) is 9.59 Å². The average Bonchev–Trinajstić information content (AvgIpc) is 2.69. The number of nitrogens with one attached hydrogen (secondary N) is 2. The highest BCUT2D eigenvalue weighted by Crippen LogP contribution is 2.23. The lowest BCUT2D eigenvalue weighted by Gasteiger charge is -2.11. The van der Waals surface area contributed by atoms with Crippen LogP contribution >= 0.6 is 11.6 Å². The van der Waals surface area contributed by atoms with Crippen LogP contribution in [0.2, 0.25) is 5.02 Å². The lowest BCUT2D eigenvalue weighted by atomic mass is 10.1. The monoisotopic (exact) mass is 395 g/mol. The zero-order valence-electron chi connectivity index (χ0n) is 15.3. The molecule has 0 spiro atoms. The van der Waals surface area contributed by atoms with E-state index in [1.165, 1.54) is 12.3 Å². The van der Waals surface area contributed by atoms with Gasteiger partial charge in [0.25, 0.3) is 11.8 Å². The number of anilines is 2. The van der Waals surface area contributed by atoms with Gasteiger partial charge < -0.3 is 15.4 Å². The minimum atomic E-state index is -0.394. The zero-order chi connectivity index (χ0) is 20.1. The van der Waals surface area contributed by atoms with Crippen molar-refractivity contribution in [1.82, 2.24) is 4.98 Å². The number of ether oxygens (including phenoxy) is 1. The molecule has 6 nitrogen and oxygen atoms in total. The summed E-state index contributed by atoms with van der Waals surface area (Å²) in [4.78, 5) is 29.1. The molecule has 2 N–H and O–H groups in total. The Balaban J connectivity index is 1.79. The quantitative estimate of drug-likeness (QED) is 0.663. The van der Waals surface area contributed by atoms with Gasteiger partial charge >= 0.3 is 0 Å². The van der Waals surface area contributed by atoms with Gasteiger partial charge in [-0.2, -0.15) is 0 Å². The summed E-state index contributed by atoms with van der Waals surface area (Å²) in [6, 6.07) is 13.4. The molecule has 0 radical (unpaired) electrons. The second kappa shape index (κ2) is 8.54. The minimum Gasteiger partial charge on any atom is -0.497 e. The van der Waals surface area contributed by atoms with Crippen LogP contribution in [0.25, 0.3) is 0 Å². The van der Waals surface area contributed by atoms with Gasteiger partial charge in [-0.05, 0) is 61.0 Å². The van der Waals surface area contributed by atoms with Gasteiger partial charge in [0.1, 0.15) is 5.75 Å². The zero-order valence-corrected chi connectivity index (χ0v) is 16.1. The van der Waals surface area contributed by atoms with Crippen molar-refractivity contribution in [2.45, 2.75) is 6.92 Å². The third-order valence-corrected chi connectivity index (χ3v) is 4.40. The predicted molar refractivity (Wildman–Crippen MR) is 109 cm³/mol. The van der Waals surface area contributed by atoms with Crippen molar-refractivity contribution in [2.24, 2.45) is 0 Å². The molecule has 3 aromatic rings.